The molecule has 4 aromatic rings. The second kappa shape index (κ2) is 13.6. The Morgan fingerprint density at radius 1 is 0.900 bits per heavy atom. The Morgan fingerprint density at radius 3 is 2.20 bits per heavy atom. The van der Waals surface area contributed by atoms with Gasteiger partial charge in [0, 0.05) is 25.6 Å². The molecule has 3 aromatic carbocycles. The molecule has 1 atom stereocenters. The van der Waals surface area contributed by atoms with E-state index in [1.165, 1.54) is 0 Å². The van der Waals surface area contributed by atoms with Gasteiger partial charge in [0.1, 0.15) is 12.6 Å². The van der Waals surface area contributed by atoms with Crippen LogP contribution in [0.15, 0.2) is 78.9 Å². The van der Waals surface area contributed by atoms with E-state index in [-0.39, 0.29) is 24.4 Å². The van der Waals surface area contributed by atoms with Crippen molar-refractivity contribution in [3.05, 3.63) is 90.0 Å². The summed E-state index contributed by atoms with van der Waals surface area (Å²) in [6, 6.07) is 25.0. The lowest BCUT2D eigenvalue weighted by molar-refractivity contribution is -0.159. The molecule has 0 N–H and O–H groups in total. The van der Waals surface area contributed by atoms with Crippen molar-refractivity contribution in [1.29, 1.82) is 0 Å². The molecule has 8 nitrogen and oxygen atoms in total. The minimum atomic E-state index is -0.683. The number of nitrogens with zero attached hydrogens (tertiary/aromatic N) is 5. The lowest BCUT2D eigenvalue weighted by atomic mass is 9.97. The number of carbonyl (C=O) groups excluding carboxylic acids is 2. The highest BCUT2D eigenvalue weighted by Gasteiger charge is 2.33. The molecule has 0 fully saturated rings. The van der Waals surface area contributed by atoms with Gasteiger partial charge in [0.15, 0.2) is 5.82 Å². The maximum absolute atomic E-state index is 13.4. The molecule has 0 aliphatic rings. The quantitative estimate of drug-likeness (QED) is 0.210. The fourth-order valence-corrected chi connectivity index (χ4v) is 4.76. The summed E-state index contributed by atoms with van der Waals surface area (Å²) >= 11 is 0. The van der Waals surface area contributed by atoms with E-state index in [9.17, 15) is 9.59 Å². The summed E-state index contributed by atoms with van der Waals surface area (Å²) in [7, 11) is 1.81. The van der Waals surface area contributed by atoms with Gasteiger partial charge in [0.25, 0.3) is 0 Å². The molecule has 0 spiro atoms. The number of carbonyl (C=O) groups is 2. The first-order valence-corrected chi connectivity index (χ1v) is 13.8. The molecule has 0 aliphatic carbocycles. The first-order chi connectivity index (χ1) is 19.4. The van der Waals surface area contributed by atoms with Crippen LogP contribution in [-0.4, -0.2) is 43.0 Å². The molecular formula is C32H37N5O3. The number of benzene rings is 3. The zero-order valence-corrected chi connectivity index (χ0v) is 23.7. The fraction of sp³-hybridized carbons (Fsp3) is 0.344. The highest BCUT2D eigenvalue weighted by atomic mass is 16.5. The van der Waals surface area contributed by atoms with Gasteiger partial charge in [-0.3, -0.25) is 4.79 Å². The third kappa shape index (κ3) is 7.00. The maximum Gasteiger partial charge on any atom is 0.329 e. The van der Waals surface area contributed by atoms with Crippen LogP contribution in [0.2, 0.25) is 0 Å². The fourth-order valence-electron chi connectivity index (χ4n) is 4.76. The lowest BCUT2D eigenvalue weighted by Gasteiger charge is -2.33. The molecule has 208 valence electrons. The average Bonchev–Trinajstić information content (AvgIpc) is 3.40. The topological polar surface area (TPSA) is 90.2 Å². The van der Waals surface area contributed by atoms with Crippen molar-refractivity contribution in [2.24, 2.45) is 13.0 Å². The number of esters is 1. The summed E-state index contributed by atoms with van der Waals surface area (Å²) in [6.07, 6.45) is 2.06. The summed E-state index contributed by atoms with van der Waals surface area (Å²) < 4.78 is 7.36. The van der Waals surface area contributed by atoms with Crippen LogP contribution in [0.3, 0.4) is 0 Å². The first kappa shape index (κ1) is 28.7. The molecule has 8 heteroatoms. The SMILES string of the molecule is CCCCC(=O)N(Cc1ccc(-c2ccccc2-c2nnnn2C)cc1)[C@H](C(=O)OCc1ccccc1)C(C)C. The molecule has 1 amide bonds. The smallest absolute Gasteiger partial charge is 0.329 e. The number of amides is 1. The van der Waals surface area contributed by atoms with Crippen molar-refractivity contribution >= 4 is 11.9 Å². The largest absolute Gasteiger partial charge is 0.459 e. The van der Waals surface area contributed by atoms with Gasteiger partial charge in [-0.05, 0) is 45.0 Å². The van der Waals surface area contributed by atoms with Crippen LogP contribution in [0.4, 0.5) is 0 Å². The molecular weight excluding hydrogens is 502 g/mol. The van der Waals surface area contributed by atoms with E-state index < -0.39 is 6.04 Å². The van der Waals surface area contributed by atoms with E-state index in [0.717, 1.165) is 40.7 Å². The van der Waals surface area contributed by atoms with Gasteiger partial charge < -0.3 is 9.64 Å². The van der Waals surface area contributed by atoms with E-state index in [2.05, 4.69) is 22.4 Å². The van der Waals surface area contributed by atoms with Crippen LogP contribution in [0.1, 0.15) is 51.2 Å². The molecule has 1 aromatic heterocycles. The zero-order valence-electron chi connectivity index (χ0n) is 23.7. The predicted octanol–water partition coefficient (Wildman–Crippen LogP) is 5.83. The minimum absolute atomic E-state index is 0.0404. The molecule has 0 aliphatic heterocycles. The number of unbranched alkanes of at least 4 members (excludes halogenated alkanes) is 1. The van der Waals surface area contributed by atoms with E-state index in [4.69, 9.17) is 4.74 Å². The Morgan fingerprint density at radius 2 is 1.57 bits per heavy atom. The zero-order chi connectivity index (χ0) is 28.5. The molecule has 40 heavy (non-hydrogen) atoms. The lowest BCUT2D eigenvalue weighted by Crippen LogP contribution is -2.48. The highest BCUT2D eigenvalue weighted by Crippen LogP contribution is 2.31. The Bertz CT molecular complexity index is 1400. The van der Waals surface area contributed by atoms with Crippen molar-refractivity contribution in [3.8, 4) is 22.5 Å². The number of hydrogen-bond donors (Lipinski definition) is 0. The molecule has 0 radical (unpaired) electrons. The number of aryl methyl sites for hydroxylation is 1. The van der Waals surface area contributed by atoms with Crippen molar-refractivity contribution < 1.29 is 14.3 Å². The van der Waals surface area contributed by atoms with Crippen molar-refractivity contribution in [1.82, 2.24) is 25.1 Å². The Labute approximate surface area is 236 Å². The highest BCUT2D eigenvalue weighted by molar-refractivity contribution is 5.85. The summed E-state index contributed by atoms with van der Waals surface area (Å²) in [5, 5.41) is 11.9. The number of rotatable bonds is 12. The number of ether oxygens (including phenoxy) is 1. The molecule has 0 saturated carbocycles. The van der Waals surface area contributed by atoms with E-state index in [1.54, 1.807) is 9.58 Å². The monoisotopic (exact) mass is 539 g/mol. The van der Waals surface area contributed by atoms with Gasteiger partial charge in [0.05, 0.1) is 0 Å². The van der Waals surface area contributed by atoms with Crippen LogP contribution in [0, 0.1) is 5.92 Å². The van der Waals surface area contributed by atoms with Crippen molar-refractivity contribution in [2.45, 2.75) is 59.2 Å². The van der Waals surface area contributed by atoms with E-state index in [1.807, 2.05) is 99.8 Å². The van der Waals surface area contributed by atoms with Gasteiger partial charge in [-0.2, -0.15) is 0 Å². The Hall–Kier alpha value is -4.33. The Kier molecular flexibility index (Phi) is 9.78. The van der Waals surface area contributed by atoms with Gasteiger partial charge in [-0.15, -0.1) is 5.10 Å². The van der Waals surface area contributed by atoms with Gasteiger partial charge in [-0.1, -0.05) is 106 Å². The maximum atomic E-state index is 13.4. The van der Waals surface area contributed by atoms with E-state index >= 15 is 0 Å². The molecule has 0 unspecified atom stereocenters. The van der Waals surface area contributed by atoms with Gasteiger partial charge in [0.2, 0.25) is 5.91 Å². The van der Waals surface area contributed by atoms with Crippen molar-refractivity contribution in [3.63, 3.8) is 0 Å². The summed E-state index contributed by atoms with van der Waals surface area (Å²) in [5.74, 6) is 0.147. The number of aromatic nitrogens is 4. The number of hydrogen-bond acceptors (Lipinski definition) is 6. The van der Waals surface area contributed by atoms with Crippen molar-refractivity contribution in [2.75, 3.05) is 0 Å². The van der Waals surface area contributed by atoms with Crippen LogP contribution >= 0.6 is 0 Å². The standard InChI is InChI=1S/C32H37N5O3/c1-5-6-16-29(38)37(30(23(2)3)32(39)40-22-25-12-8-7-9-13-25)21-24-17-19-26(20-18-24)27-14-10-11-15-28(27)31-33-34-35-36(31)4/h7-15,17-20,23,30H,5-6,16,21-22H2,1-4H3/t30-/m0/s1. The average molecular weight is 540 g/mol. The minimum Gasteiger partial charge on any atom is -0.459 e. The first-order valence-electron chi connectivity index (χ1n) is 13.8. The molecule has 0 bridgehead atoms. The second-order valence-corrected chi connectivity index (χ2v) is 10.3. The normalized spacial score (nSPS) is 11.8. The summed E-state index contributed by atoms with van der Waals surface area (Å²) in [4.78, 5) is 28.5. The van der Waals surface area contributed by atoms with Crippen LogP contribution in [-0.2, 0) is 34.5 Å². The van der Waals surface area contributed by atoms with Gasteiger partial charge in [-0.25, -0.2) is 9.48 Å². The second-order valence-electron chi connectivity index (χ2n) is 10.3. The Balaban J connectivity index is 1.57. The van der Waals surface area contributed by atoms with Crippen LogP contribution < -0.4 is 0 Å². The van der Waals surface area contributed by atoms with E-state index in [0.29, 0.717) is 18.8 Å². The predicted molar refractivity (Wildman–Crippen MR) is 155 cm³/mol. The van der Waals surface area contributed by atoms with Crippen LogP contribution in [0.25, 0.3) is 22.5 Å². The van der Waals surface area contributed by atoms with Gasteiger partial charge >= 0.3 is 5.97 Å². The summed E-state index contributed by atoms with van der Waals surface area (Å²) in [5.41, 5.74) is 4.80. The molecule has 0 saturated heterocycles. The number of tetrazole rings is 1. The third-order valence-electron chi connectivity index (χ3n) is 6.90. The summed E-state index contributed by atoms with van der Waals surface area (Å²) in [6.45, 7) is 6.46. The van der Waals surface area contributed by atoms with Crippen LogP contribution in [0.5, 0.6) is 0 Å². The molecule has 4 rings (SSSR count). The molecule has 1 heterocycles. The third-order valence-corrected chi connectivity index (χ3v) is 6.90.